The summed E-state index contributed by atoms with van der Waals surface area (Å²) in [7, 11) is 0. The van der Waals surface area contributed by atoms with Gasteiger partial charge in [0.25, 0.3) is 5.91 Å². The van der Waals surface area contributed by atoms with Gasteiger partial charge in [-0.15, -0.1) is 0 Å². The summed E-state index contributed by atoms with van der Waals surface area (Å²) in [6.45, 7) is 4.49. The molecule has 1 aromatic carbocycles. The number of amides is 1. The number of carbonyl (C=O) groups is 1. The number of carbonyl (C=O) groups excluding carboxylic acids is 1. The van der Waals surface area contributed by atoms with Crippen molar-refractivity contribution in [2.24, 2.45) is 5.41 Å². The fourth-order valence-corrected chi connectivity index (χ4v) is 2.74. The van der Waals surface area contributed by atoms with Crippen molar-refractivity contribution in [2.75, 3.05) is 0 Å². The van der Waals surface area contributed by atoms with Gasteiger partial charge in [0, 0.05) is 11.6 Å². The van der Waals surface area contributed by atoms with Gasteiger partial charge in [0.2, 0.25) is 0 Å². The van der Waals surface area contributed by atoms with Gasteiger partial charge in [0.15, 0.2) is 0 Å². The molecule has 19 heavy (non-hydrogen) atoms. The molecule has 1 atom stereocenters. The molecule has 1 N–H and O–H groups in total. The molecule has 0 spiro atoms. The van der Waals surface area contributed by atoms with Crippen molar-refractivity contribution in [1.29, 1.82) is 0 Å². The molecule has 0 radical (unpaired) electrons. The number of allylic oxidation sites excluding steroid dienone is 1. The Hall–Kier alpha value is -1.57. The van der Waals surface area contributed by atoms with Crippen LogP contribution in [0, 0.1) is 5.41 Å². The van der Waals surface area contributed by atoms with Crippen molar-refractivity contribution in [2.45, 2.75) is 45.6 Å². The maximum absolute atomic E-state index is 12.1. The molecule has 1 amide bonds. The summed E-state index contributed by atoms with van der Waals surface area (Å²) in [5.41, 5.74) is 1.09. The third-order valence-corrected chi connectivity index (χ3v) is 4.40. The highest BCUT2D eigenvalue weighted by atomic mass is 16.1. The summed E-state index contributed by atoms with van der Waals surface area (Å²) in [5.74, 6) is 0.0238. The van der Waals surface area contributed by atoms with Crippen LogP contribution in [0.4, 0.5) is 0 Å². The Labute approximate surface area is 115 Å². The Morgan fingerprint density at radius 2 is 1.95 bits per heavy atom. The van der Waals surface area contributed by atoms with E-state index in [0.29, 0.717) is 5.41 Å². The summed E-state index contributed by atoms with van der Waals surface area (Å²) in [6.07, 6.45) is 9.05. The lowest BCUT2D eigenvalue weighted by molar-refractivity contribution is 0.0937. The predicted octanol–water partition coefficient (Wildman–Crippen LogP) is 3.94. The first-order valence-corrected chi connectivity index (χ1v) is 7.24. The summed E-state index contributed by atoms with van der Waals surface area (Å²) in [5, 5.41) is 3.10. The predicted molar refractivity (Wildman–Crippen MR) is 79.1 cm³/mol. The molecule has 0 aromatic heterocycles. The Balaban J connectivity index is 1.97. The Kier molecular flexibility index (Phi) is 4.41. The Morgan fingerprint density at radius 1 is 1.26 bits per heavy atom. The van der Waals surface area contributed by atoms with E-state index in [4.69, 9.17) is 0 Å². The van der Waals surface area contributed by atoms with Crippen molar-refractivity contribution in [3.63, 3.8) is 0 Å². The maximum atomic E-state index is 12.1. The zero-order valence-electron chi connectivity index (χ0n) is 11.9. The standard InChI is InChI=1S/C17H23NO/c1-3-17(4-2)12-10-15(11-13-17)18-16(19)14-8-6-5-7-9-14/h5-10,12,15H,3-4,11,13H2,1-2H3,(H,18,19). The minimum atomic E-state index is 0.0238. The van der Waals surface area contributed by atoms with Gasteiger partial charge in [0.1, 0.15) is 0 Å². The highest BCUT2D eigenvalue weighted by Crippen LogP contribution is 2.37. The van der Waals surface area contributed by atoms with Crippen LogP contribution in [0.15, 0.2) is 42.5 Å². The van der Waals surface area contributed by atoms with Crippen molar-refractivity contribution in [1.82, 2.24) is 5.32 Å². The minimum absolute atomic E-state index is 0.0238. The second-order valence-corrected chi connectivity index (χ2v) is 5.41. The average Bonchev–Trinajstić information content (AvgIpc) is 2.49. The monoisotopic (exact) mass is 257 g/mol. The molecule has 1 aliphatic carbocycles. The quantitative estimate of drug-likeness (QED) is 0.813. The molecule has 102 valence electrons. The zero-order chi connectivity index (χ0) is 13.7. The van der Waals surface area contributed by atoms with E-state index in [9.17, 15) is 4.79 Å². The SMILES string of the molecule is CCC1(CC)C=CC(NC(=O)c2ccccc2)CC1. The molecule has 2 heteroatoms. The van der Waals surface area contributed by atoms with Gasteiger partial charge in [0.05, 0.1) is 0 Å². The second kappa shape index (κ2) is 6.05. The Morgan fingerprint density at radius 3 is 2.47 bits per heavy atom. The molecule has 1 aromatic rings. The van der Waals surface area contributed by atoms with Crippen molar-refractivity contribution >= 4 is 5.91 Å². The molecule has 0 bridgehead atoms. The van der Waals surface area contributed by atoms with Crippen molar-refractivity contribution < 1.29 is 4.79 Å². The Bertz CT molecular complexity index is 446. The molecule has 1 unspecified atom stereocenters. The molecule has 0 saturated heterocycles. The van der Waals surface area contributed by atoms with Crippen LogP contribution in [0.3, 0.4) is 0 Å². The molecular weight excluding hydrogens is 234 g/mol. The lowest BCUT2D eigenvalue weighted by Crippen LogP contribution is -2.37. The van der Waals surface area contributed by atoms with E-state index in [0.717, 1.165) is 18.4 Å². The third-order valence-electron chi connectivity index (χ3n) is 4.40. The van der Waals surface area contributed by atoms with Crippen molar-refractivity contribution in [3.05, 3.63) is 48.0 Å². The number of rotatable bonds is 4. The normalized spacial score (nSPS) is 21.1. The van der Waals surface area contributed by atoms with Gasteiger partial charge in [-0.1, -0.05) is 44.2 Å². The number of benzene rings is 1. The van der Waals surface area contributed by atoms with Gasteiger partial charge >= 0.3 is 0 Å². The van der Waals surface area contributed by atoms with Gasteiger partial charge < -0.3 is 5.32 Å². The van der Waals surface area contributed by atoms with Crippen LogP contribution in [-0.4, -0.2) is 11.9 Å². The van der Waals surface area contributed by atoms with Crippen LogP contribution in [0.5, 0.6) is 0 Å². The van der Waals surface area contributed by atoms with E-state index in [1.54, 1.807) is 0 Å². The summed E-state index contributed by atoms with van der Waals surface area (Å²) < 4.78 is 0. The van der Waals surface area contributed by atoms with Crippen LogP contribution in [0.1, 0.15) is 49.9 Å². The van der Waals surface area contributed by atoms with E-state index < -0.39 is 0 Å². The van der Waals surface area contributed by atoms with Gasteiger partial charge in [-0.2, -0.15) is 0 Å². The van der Waals surface area contributed by atoms with Crippen LogP contribution in [0.25, 0.3) is 0 Å². The van der Waals surface area contributed by atoms with E-state index in [2.05, 4.69) is 31.3 Å². The van der Waals surface area contributed by atoms with Gasteiger partial charge in [-0.05, 0) is 43.2 Å². The maximum Gasteiger partial charge on any atom is 0.251 e. The van der Waals surface area contributed by atoms with Gasteiger partial charge in [-0.3, -0.25) is 4.79 Å². The van der Waals surface area contributed by atoms with Crippen LogP contribution >= 0.6 is 0 Å². The summed E-state index contributed by atoms with van der Waals surface area (Å²) in [6, 6.07) is 9.59. The second-order valence-electron chi connectivity index (χ2n) is 5.41. The van der Waals surface area contributed by atoms with Crippen LogP contribution in [0.2, 0.25) is 0 Å². The molecule has 0 saturated carbocycles. The fraction of sp³-hybridized carbons (Fsp3) is 0.471. The average molecular weight is 257 g/mol. The summed E-state index contributed by atoms with van der Waals surface area (Å²) >= 11 is 0. The van der Waals surface area contributed by atoms with E-state index in [1.165, 1.54) is 12.8 Å². The number of hydrogen-bond donors (Lipinski definition) is 1. The lowest BCUT2D eigenvalue weighted by atomic mass is 9.74. The van der Waals surface area contributed by atoms with Crippen LogP contribution < -0.4 is 5.32 Å². The molecule has 1 aliphatic rings. The molecule has 2 rings (SSSR count). The molecule has 0 heterocycles. The van der Waals surface area contributed by atoms with E-state index in [-0.39, 0.29) is 11.9 Å². The van der Waals surface area contributed by atoms with Crippen molar-refractivity contribution in [3.8, 4) is 0 Å². The first-order chi connectivity index (χ1) is 9.19. The smallest absolute Gasteiger partial charge is 0.251 e. The first kappa shape index (κ1) is 13.9. The molecule has 2 nitrogen and oxygen atoms in total. The lowest BCUT2D eigenvalue weighted by Gasteiger charge is -2.34. The van der Waals surface area contributed by atoms with E-state index in [1.807, 2.05) is 30.3 Å². The summed E-state index contributed by atoms with van der Waals surface area (Å²) in [4.78, 5) is 12.1. The molecule has 0 aliphatic heterocycles. The minimum Gasteiger partial charge on any atom is -0.346 e. The third kappa shape index (κ3) is 3.25. The first-order valence-electron chi connectivity index (χ1n) is 7.24. The highest BCUT2D eigenvalue weighted by molar-refractivity contribution is 5.94. The fourth-order valence-electron chi connectivity index (χ4n) is 2.74. The van der Waals surface area contributed by atoms with Crippen LogP contribution in [-0.2, 0) is 0 Å². The zero-order valence-corrected chi connectivity index (χ0v) is 11.9. The molecular formula is C17H23NO. The molecule has 0 fully saturated rings. The topological polar surface area (TPSA) is 29.1 Å². The van der Waals surface area contributed by atoms with Gasteiger partial charge in [-0.25, -0.2) is 0 Å². The largest absolute Gasteiger partial charge is 0.346 e. The highest BCUT2D eigenvalue weighted by Gasteiger charge is 2.28. The number of nitrogens with one attached hydrogen (secondary N) is 1. The number of hydrogen-bond acceptors (Lipinski definition) is 1. The van der Waals surface area contributed by atoms with E-state index >= 15 is 0 Å².